The van der Waals surface area contributed by atoms with Crippen LogP contribution in [-0.4, -0.2) is 17.0 Å². The van der Waals surface area contributed by atoms with E-state index >= 15 is 0 Å². The maximum absolute atomic E-state index is 9.74. The topological polar surface area (TPSA) is 106 Å². The Bertz CT molecular complexity index is 982. The molecule has 2 aliphatic heterocycles. The average molecular weight is 373 g/mol. The molecule has 8 heteroatoms. The molecule has 0 spiro atoms. The number of nitriles is 1. The number of rotatable bonds is 1. The van der Waals surface area contributed by atoms with Crippen LogP contribution in [0.5, 0.6) is 17.4 Å². The van der Waals surface area contributed by atoms with Crippen molar-refractivity contribution in [3.63, 3.8) is 0 Å². The molecule has 2 aliphatic rings. The highest BCUT2D eigenvalue weighted by atomic mass is 35.5. The number of aromatic nitrogens is 2. The largest absolute Gasteiger partial charge is 0.454 e. The SMILES string of the molecule is CC(C)(C)c1[nH]nc2c1[C@H](c1ccc3c(c1Cl)OCO3)C(C#N)=C(N)O2. The van der Waals surface area contributed by atoms with E-state index in [4.69, 9.17) is 31.5 Å². The molecule has 2 aromatic rings. The predicted octanol–water partition coefficient (Wildman–Crippen LogP) is 3.31. The van der Waals surface area contributed by atoms with Gasteiger partial charge in [0, 0.05) is 11.1 Å². The molecular formula is C18H17ClN4O3. The Labute approximate surface area is 155 Å². The fraction of sp³-hybridized carbons (Fsp3) is 0.333. The molecular weight excluding hydrogens is 356 g/mol. The lowest BCUT2D eigenvalue weighted by Crippen LogP contribution is -2.24. The van der Waals surface area contributed by atoms with E-state index in [1.165, 1.54) is 0 Å². The summed E-state index contributed by atoms with van der Waals surface area (Å²) in [6, 6.07) is 5.76. The van der Waals surface area contributed by atoms with Gasteiger partial charge < -0.3 is 19.9 Å². The molecule has 1 aromatic carbocycles. The number of nitrogens with zero attached hydrogens (tertiary/aromatic N) is 2. The molecule has 26 heavy (non-hydrogen) atoms. The zero-order chi connectivity index (χ0) is 18.6. The van der Waals surface area contributed by atoms with E-state index in [1.807, 2.05) is 26.8 Å². The lowest BCUT2D eigenvalue weighted by Gasteiger charge is -2.28. The summed E-state index contributed by atoms with van der Waals surface area (Å²) in [5, 5.41) is 17.4. The maximum Gasteiger partial charge on any atom is 0.244 e. The maximum atomic E-state index is 9.74. The Morgan fingerprint density at radius 3 is 2.81 bits per heavy atom. The number of hydrogen-bond donors (Lipinski definition) is 2. The highest BCUT2D eigenvalue weighted by Crippen LogP contribution is 2.50. The minimum Gasteiger partial charge on any atom is -0.454 e. The second-order valence-electron chi connectivity index (χ2n) is 7.19. The van der Waals surface area contributed by atoms with E-state index in [9.17, 15) is 5.26 Å². The van der Waals surface area contributed by atoms with Crippen molar-refractivity contribution in [2.45, 2.75) is 32.1 Å². The van der Waals surface area contributed by atoms with Gasteiger partial charge >= 0.3 is 0 Å². The summed E-state index contributed by atoms with van der Waals surface area (Å²) in [5.74, 6) is 0.896. The third-order valence-electron chi connectivity index (χ3n) is 4.51. The molecule has 0 aliphatic carbocycles. The highest BCUT2D eigenvalue weighted by molar-refractivity contribution is 6.33. The Balaban J connectivity index is 1.99. The minimum atomic E-state index is -0.515. The lowest BCUT2D eigenvalue weighted by atomic mass is 9.78. The third kappa shape index (κ3) is 2.30. The molecule has 3 N–H and O–H groups in total. The number of allylic oxidation sites excluding steroid dienone is 1. The fourth-order valence-electron chi connectivity index (χ4n) is 3.30. The van der Waals surface area contributed by atoms with Crippen LogP contribution >= 0.6 is 11.6 Å². The van der Waals surface area contributed by atoms with Crippen LogP contribution < -0.4 is 19.9 Å². The van der Waals surface area contributed by atoms with E-state index in [0.29, 0.717) is 28.0 Å². The lowest BCUT2D eigenvalue weighted by molar-refractivity contribution is 0.174. The zero-order valence-corrected chi connectivity index (χ0v) is 15.3. The van der Waals surface area contributed by atoms with Crippen molar-refractivity contribution >= 4 is 11.6 Å². The summed E-state index contributed by atoms with van der Waals surface area (Å²) in [6.45, 7) is 6.26. The normalized spacial score (nSPS) is 18.3. The molecule has 0 amide bonds. The monoisotopic (exact) mass is 372 g/mol. The molecule has 0 radical (unpaired) electrons. The van der Waals surface area contributed by atoms with Gasteiger partial charge in [0.05, 0.1) is 16.5 Å². The second-order valence-corrected chi connectivity index (χ2v) is 7.57. The number of nitrogens with one attached hydrogen (secondary N) is 1. The smallest absolute Gasteiger partial charge is 0.244 e. The molecule has 0 saturated carbocycles. The molecule has 3 heterocycles. The highest BCUT2D eigenvalue weighted by Gasteiger charge is 2.39. The zero-order valence-electron chi connectivity index (χ0n) is 14.5. The third-order valence-corrected chi connectivity index (χ3v) is 4.90. The van der Waals surface area contributed by atoms with E-state index in [0.717, 1.165) is 11.3 Å². The molecule has 1 atom stereocenters. The summed E-state index contributed by atoms with van der Waals surface area (Å²) in [7, 11) is 0. The summed E-state index contributed by atoms with van der Waals surface area (Å²) in [6.07, 6.45) is 0. The molecule has 4 rings (SSSR count). The van der Waals surface area contributed by atoms with Crippen LogP contribution in [-0.2, 0) is 5.41 Å². The van der Waals surface area contributed by atoms with Crippen molar-refractivity contribution in [2.24, 2.45) is 5.73 Å². The number of benzene rings is 1. The number of aromatic amines is 1. The van der Waals surface area contributed by atoms with Crippen molar-refractivity contribution in [3.05, 3.63) is 45.4 Å². The quantitative estimate of drug-likeness (QED) is 0.795. The van der Waals surface area contributed by atoms with Crippen LogP contribution in [0.3, 0.4) is 0 Å². The van der Waals surface area contributed by atoms with Crippen molar-refractivity contribution in [3.8, 4) is 23.4 Å². The molecule has 1 aromatic heterocycles. The van der Waals surface area contributed by atoms with Gasteiger partial charge in [-0.05, 0) is 11.6 Å². The van der Waals surface area contributed by atoms with E-state index in [2.05, 4.69) is 16.3 Å². The summed E-state index contributed by atoms with van der Waals surface area (Å²) >= 11 is 6.61. The minimum absolute atomic E-state index is 0.0192. The first-order valence-corrected chi connectivity index (χ1v) is 8.45. The van der Waals surface area contributed by atoms with Crippen molar-refractivity contribution in [1.82, 2.24) is 10.2 Å². The molecule has 0 unspecified atom stereocenters. The Kier molecular flexibility index (Phi) is 3.56. The van der Waals surface area contributed by atoms with E-state index in [1.54, 1.807) is 6.07 Å². The van der Waals surface area contributed by atoms with E-state index in [-0.39, 0.29) is 23.7 Å². The summed E-state index contributed by atoms with van der Waals surface area (Å²) in [5.41, 5.74) is 8.32. The summed E-state index contributed by atoms with van der Waals surface area (Å²) < 4.78 is 16.4. The number of H-pyrrole nitrogens is 1. The first kappa shape index (κ1) is 16.6. The van der Waals surface area contributed by atoms with Crippen LogP contribution in [0.25, 0.3) is 0 Å². The van der Waals surface area contributed by atoms with Gasteiger partial charge in [0.15, 0.2) is 11.5 Å². The number of hydrogen-bond acceptors (Lipinski definition) is 6. The fourth-order valence-corrected chi connectivity index (χ4v) is 3.62. The van der Waals surface area contributed by atoms with Crippen molar-refractivity contribution in [2.75, 3.05) is 6.79 Å². The second kappa shape index (κ2) is 5.58. The van der Waals surface area contributed by atoms with Crippen LogP contribution in [0.4, 0.5) is 0 Å². The first-order valence-electron chi connectivity index (χ1n) is 8.07. The predicted molar refractivity (Wildman–Crippen MR) is 94.2 cm³/mol. The van der Waals surface area contributed by atoms with Crippen molar-refractivity contribution < 1.29 is 14.2 Å². The van der Waals surface area contributed by atoms with Gasteiger partial charge in [0.25, 0.3) is 0 Å². The number of nitrogens with two attached hydrogens (primary N) is 1. The van der Waals surface area contributed by atoms with Crippen LogP contribution in [0.2, 0.25) is 5.02 Å². The van der Waals surface area contributed by atoms with Crippen LogP contribution in [0.1, 0.15) is 43.5 Å². The molecule has 7 nitrogen and oxygen atoms in total. The molecule has 0 saturated heterocycles. The standard InChI is InChI=1S/C18H17ClN4O3/c1-18(2,3)15-12-11(9(6-20)16(21)26-17(12)23-22-15)8-4-5-10-14(13(8)19)25-7-24-10/h4-5,11H,7,21H2,1-3H3,(H,22,23)/t11-/m1/s1. The van der Waals surface area contributed by atoms with Gasteiger partial charge in [-0.3, -0.25) is 5.10 Å². The van der Waals surface area contributed by atoms with Gasteiger partial charge in [-0.15, -0.1) is 5.10 Å². The van der Waals surface area contributed by atoms with Crippen molar-refractivity contribution in [1.29, 1.82) is 5.26 Å². The van der Waals surface area contributed by atoms with Gasteiger partial charge in [0.2, 0.25) is 18.6 Å². The van der Waals surface area contributed by atoms with Gasteiger partial charge in [-0.25, -0.2) is 0 Å². The van der Waals surface area contributed by atoms with E-state index < -0.39 is 5.92 Å². The van der Waals surface area contributed by atoms with Crippen LogP contribution in [0.15, 0.2) is 23.6 Å². The summed E-state index contributed by atoms with van der Waals surface area (Å²) in [4.78, 5) is 0. The number of fused-ring (bicyclic) bond motifs is 2. The molecule has 0 fully saturated rings. The number of ether oxygens (including phenoxy) is 3. The number of halogens is 1. The molecule has 0 bridgehead atoms. The Hall–Kier alpha value is -2.85. The average Bonchev–Trinajstić information content (AvgIpc) is 3.20. The Morgan fingerprint density at radius 2 is 2.12 bits per heavy atom. The Morgan fingerprint density at radius 1 is 1.35 bits per heavy atom. The van der Waals surface area contributed by atoms with Gasteiger partial charge in [-0.1, -0.05) is 38.4 Å². The van der Waals surface area contributed by atoms with Gasteiger partial charge in [-0.2, -0.15) is 5.26 Å². The molecule has 134 valence electrons. The van der Waals surface area contributed by atoms with Gasteiger partial charge in [0.1, 0.15) is 11.6 Å². The first-order chi connectivity index (χ1) is 12.3. The van der Waals surface area contributed by atoms with Crippen LogP contribution in [0, 0.1) is 11.3 Å².